The first-order valence-electron chi connectivity index (χ1n) is 5.06. The van der Waals surface area contributed by atoms with Crippen LogP contribution >= 0.6 is 28.3 Å². The third kappa shape index (κ3) is 2.04. The Morgan fingerprint density at radius 1 is 1.44 bits per heavy atom. The molecule has 1 N–H and O–H groups in total. The van der Waals surface area contributed by atoms with Crippen molar-refractivity contribution >= 4 is 34.2 Å². The average Bonchev–Trinajstić information content (AvgIpc) is 2.84. The lowest BCUT2D eigenvalue weighted by molar-refractivity contribution is 0.298. The fourth-order valence-corrected chi connectivity index (χ4v) is 2.41. The number of fused-ring (bicyclic) bond motifs is 1. The molecule has 0 fully saturated rings. The van der Waals surface area contributed by atoms with Crippen molar-refractivity contribution in [2.45, 2.75) is 12.5 Å². The molecule has 2 aliphatic heterocycles. The lowest BCUT2D eigenvalue weighted by Gasteiger charge is -2.10. The fraction of sp³-hybridized carbons (Fsp3) is 0.364. The topological polar surface area (TPSA) is 33.6 Å². The van der Waals surface area contributed by atoms with E-state index in [0.717, 1.165) is 35.6 Å². The number of hydrogen-bond donors (Lipinski definition) is 1. The number of amidine groups is 1. The number of halogens is 2. The molecule has 5 heteroatoms. The van der Waals surface area contributed by atoms with Crippen LogP contribution in [0.2, 0.25) is 0 Å². The highest BCUT2D eigenvalue weighted by atomic mass is 79.9. The molecule has 2 heterocycles. The van der Waals surface area contributed by atoms with E-state index in [0.29, 0.717) is 0 Å². The molecule has 0 spiro atoms. The van der Waals surface area contributed by atoms with Gasteiger partial charge in [0.2, 0.25) is 0 Å². The van der Waals surface area contributed by atoms with Crippen LogP contribution < -0.4 is 10.1 Å². The zero-order valence-corrected chi connectivity index (χ0v) is 11.0. The summed E-state index contributed by atoms with van der Waals surface area (Å²) in [5, 5.41) is 3.26. The summed E-state index contributed by atoms with van der Waals surface area (Å²) in [7, 11) is 0. The predicted molar refractivity (Wildman–Crippen MR) is 69.8 cm³/mol. The van der Waals surface area contributed by atoms with Gasteiger partial charge in [-0.3, -0.25) is 4.99 Å². The second-order valence-corrected chi connectivity index (χ2v) is 4.67. The van der Waals surface area contributed by atoms with Crippen LogP contribution in [0.15, 0.2) is 27.7 Å². The summed E-state index contributed by atoms with van der Waals surface area (Å²) in [6, 6.07) is 6.13. The number of ether oxygens (including phenoxy) is 1. The van der Waals surface area contributed by atoms with Crippen molar-refractivity contribution in [1.29, 1.82) is 0 Å². The number of rotatable bonds is 1. The van der Waals surface area contributed by atoms with Gasteiger partial charge in [-0.05, 0) is 23.8 Å². The van der Waals surface area contributed by atoms with Crippen molar-refractivity contribution in [1.82, 2.24) is 5.32 Å². The largest absolute Gasteiger partial charge is 0.482 e. The highest BCUT2D eigenvalue weighted by Gasteiger charge is 2.28. The normalized spacial score (nSPS) is 21.6. The third-order valence-corrected chi connectivity index (χ3v) is 3.20. The summed E-state index contributed by atoms with van der Waals surface area (Å²) >= 11 is 3.47. The van der Waals surface area contributed by atoms with Crippen molar-refractivity contribution < 1.29 is 4.74 Å². The molecule has 1 aromatic rings. The Hall–Kier alpha value is -0.740. The fourth-order valence-electron chi connectivity index (χ4n) is 2.00. The van der Waals surface area contributed by atoms with Gasteiger partial charge in [0, 0.05) is 17.4 Å². The number of nitrogens with zero attached hydrogens (tertiary/aromatic N) is 1. The second-order valence-electron chi connectivity index (χ2n) is 3.76. The van der Waals surface area contributed by atoms with Gasteiger partial charge in [-0.25, -0.2) is 0 Å². The summed E-state index contributed by atoms with van der Waals surface area (Å²) in [6.45, 7) is 1.81. The third-order valence-electron chi connectivity index (χ3n) is 2.70. The molecule has 0 amide bonds. The molecular weight excluding hydrogens is 291 g/mol. The Balaban J connectivity index is 0.000000963. The van der Waals surface area contributed by atoms with E-state index in [4.69, 9.17) is 4.74 Å². The molecule has 0 saturated heterocycles. The number of nitrogens with one attached hydrogen (secondary N) is 1. The Morgan fingerprint density at radius 2 is 2.31 bits per heavy atom. The SMILES string of the molecule is Brc1ccc2c(c1)CC(C1=NCCN1)O2.Cl. The summed E-state index contributed by atoms with van der Waals surface area (Å²) in [6.07, 6.45) is 1.01. The molecule has 0 aliphatic carbocycles. The summed E-state index contributed by atoms with van der Waals surface area (Å²) < 4.78 is 6.94. The van der Waals surface area contributed by atoms with Crippen molar-refractivity contribution in [3.05, 3.63) is 28.2 Å². The maximum absolute atomic E-state index is 5.83. The van der Waals surface area contributed by atoms with Crippen LogP contribution in [0, 0.1) is 0 Å². The van der Waals surface area contributed by atoms with Crippen LogP contribution in [0.25, 0.3) is 0 Å². The van der Waals surface area contributed by atoms with Crippen molar-refractivity contribution in [3.8, 4) is 5.75 Å². The van der Waals surface area contributed by atoms with Gasteiger partial charge in [0.15, 0.2) is 6.10 Å². The average molecular weight is 304 g/mol. The predicted octanol–water partition coefficient (Wildman–Crippen LogP) is 2.18. The van der Waals surface area contributed by atoms with Gasteiger partial charge >= 0.3 is 0 Å². The first kappa shape index (κ1) is 11.7. The number of aliphatic imine (C=N–C) groups is 1. The van der Waals surface area contributed by atoms with Crippen molar-refractivity contribution in [2.75, 3.05) is 13.1 Å². The van der Waals surface area contributed by atoms with E-state index in [-0.39, 0.29) is 18.5 Å². The van der Waals surface area contributed by atoms with Gasteiger partial charge < -0.3 is 10.1 Å². The molecule has 1 aromatic carbocycles. The van der Waals surface area contributed by atoms with E-state index in [1.807, 2.05) is 12.1 Å². The second kappa shape index (κ2) is 4.63. The maximum atomic E-state index is 5.83. The molecule has 3 nitrogen and oxygen atoms in total. The van der Waals surface area contributed by atoms with Crippen LogP contribution in [0.1, 0.15) is 5.56 Å². The van der Waals surface area contributed by atoms with E-state index in [1.165, 1.54) is 5.56 Å². The molecule has 16 heavy (non-hydrogen) atoms. The number of hydrogen-bond acceptors (Lipinski definition) is 3. The van der Waals surface area contributed by atoms with Gasteiger partial charge in [-0.1, -0.05) is 15.9 Å². The standard InChI is InChI=1S/C11H11BrN2O.ClH/c12-8-1-2-9-7(5-8)6-10(15-9)11-13-3-4-14-11;/h1-2,5,10H,3-4,6H2,(H,13,14);1H. The van der Waals surface area contributed by atoms with Gasteiger partial charge in [-0.15, -0.1) is 12.4 Å². The summed E-state index contributed by atoms with van der Waals surface area (Å²) in [4.78, 5) is 4.39. The zero-order chi connectivity index (χ0) is 10.3. The first-order chi connectivity index (χ1) is 7.33. The van der Waals surface area contributed by atoms with Gasteiger partial charge in [0.1, 0.15) is 11.6 Å². The van der Waals surface area contributed by atoms with E-state index < -0.39 is 0 Å². The number of benzene rings is 1. The highest BCUT2D eigenvalue weighted by molar-refractivity contribution is 9.10. The molecule has 0 radical (unpaired) electrons. The monoisotopic (exact) mass is 302 g/mol. The minimum Gasteiger partial charge on any atom is -0.482 e. The van der Waals surface area contributed by atoms with Crippen molar-refractivity contribution in [3.63, 3.8) is 0 Å². The van der Waals surface area contributed by atoms with Crippen molar-refractivity contribution in [2.24, 2.45) is 4.99 Å². The van der Waals surface area contributed by atoms with Gasteiger partial charge in [0.25, 0.3) is 0 Å². The zero-order valence-electron chi connectivity index (χ0n) is 8.57. The van der Waals surface area contributed by atoms with E-state index in [1.54, 1.807) is 0 Å². The first-order valence-corrected chi connectivity index (χ1v) is 5.85. The Morgan fingerprint density at radius 3 is 3.06 bits per heavy atom. The summed E-state index contributed by atoms with van der Waals surface area (Å²) in [5.41, 5.74) is 1.26. The molecule has 2 aliphatic rings. The molecule has 0 aromatic heterocycles. The molecule has 86 valence electrons. The van der Waals surface area contributed by atoms with Crippen LogP contribution in [-0.2, 0) is 6.42 Å². The quantitative estimate of drug-likeness (QED) is 0.863. The van der Waals surface area contributed by atoms with E-state index >= 15 is 0 Å². The summed E-state index contributed by atoms with van der Waals surface area (Å²) in [5.74, 6) is 1.99. The Labute approximate surface area is 109 Å². The molecular formula is C11H12BrClN2O. The van der Waals surface area contributed by atoms with Crippen LogP contribution in [-0.4, -0.2) is 25.0 Å². The van der Waals surface area contributed by atoms with Gasteiger partial charge in [0.05, 0.1) is 6.54 Å². The smallest absolute Gasteiger partial charge is 0.159 e. The van der Waals surface area contributed by atoms with Crippen LogP contribution in [0.4, 0.5) is 0 Å². The maximum Gasteiger partial charge on any atom is 0.159 e. The lowest BCUT2D eigenvalue weighted by Crippen LogP contribution is -2.34. The van der Waals surface area contributed by atoms with E-state index in [9.17, 15) is 0 Å². The Kier molecular flexibility index (Phi) is 3.40. The molecule has 0 saturated carbocycles. The molecule has 1 unspecified atom stereocenters. The molecule has 3 rings (SSSR count). The van der Waals surface area contributed by atoms with Crippen LogP contribution in [0.5, 0.6) is 5.75 Å². The molecule has 0 bridgehead atoms. The Bertz CT molecular complexity index is 436. The highest BCUT2D eigenvalue weighted by Crippen LogP contribution is 2.31. The minimum atomic E-state index is 0. The molecule has 1 atom stereocenters. The lowest BCUT2D eigenvalue weighted by atomic mass is 10.1. The van der Waals surface area contributed by atoms with Crippen LogP contribution in [0.3, 0.4) is 0 Å². The van der Waals surface area contributed by atoms with Gasteiger partial charge in [-0.2, -0.15) is 0 Å². The van der Waals surface area contributed by atoms with E-state index in [2.05, 4.69) is 32.3 Å². The minimum absolute atomic E-state index is 0.